The Morgan fingerprint density at radius 3 is 1.67 bits per heavy atom. The van der Waals surface area contributed by atoms with E-state index in [1.807, 2.05) is 0 Å². The Labute approximate surface area is 81.2 Å². The molecule has 0 aliphatic rings. The Morgan fingerprint density at radius 1 is 1.07 bits per heavy atom. The van der Waals surface area contributed by atoms with E-state index >= 15 is 0 Å². The Hall–Kier alpha value is -0.950. The van der Waals surface area contributed by atoms with Gasteiger partial charge in [-0.05, 0) is 0 Å². The fourth-order valence-electron chi connectivity index (χ4n) is 0.937. The molecule has 0 spiro atoms. The molecular formula is C7H8F6O2. The normalized spacial score (nSPS) is 17.1. The molecule has 0 aliphatic heterocycles. The molecule has 0 saturated carbocycles. The van der Waals surface area contributed by atoms with Crippen LogP contribution in [0.1, 0.15) is 6.92 Å². The molecule has 0 saturated heterocycles. The van der Waals surface area contributed by atoms with Crippen molar-refractivity contribution in [1.82, 2.24) is 0 Å². The summed E-state index contributed by atoms with van der Waals surface area (Å²) in [5, 5.41) is 0. The number of methoxy groups -OCH3 is 1. The maximum absolute atomic E-state index is 12.1. The third-order valence-corrected chi connectivity index (χ3v) is 1.82. The highest BCUT2D eigenvalue weighted by molar-refractivity contribution is 5.73. The predicted molar refractivity (Wildman–Crippen MR) is 36.8 cm³/mol. The summed E-state index contributed by atoms with van der Waals surface area (Å²) in [4.78, 5) is 10.6. The SMILES string of the molecule is COC(=O)C(C(C)C(F)(F)F)C(F)(F)F. The minimum atomic E-state index is -5.28. The summed E-state index contributed by atoms with van der Waals surface area (Å²) in [7, 11) is 0.601. The Bertz CT molecular complexity index is 231. The van der Waals surface area contributed by atoms with Crippen molar-refractivity contribution in [2.45, 2.75) is 19.3 Å². The van der Waals surface area contributed by atoms with Crippen LogP contribution in [0.15, 0.2) is 0 Å². The monoisotopic (exact) mass is 238 g/mol. The van der Waals surface area contributed by atoms with Crippen LogP contribution in [0, 0.1) is 11.8 Å². The first-order valence-corrected chi connectivity index (χ1v) is 3.73. The van der Waals surface area contributed by atoms with Gasteiger partial charge in [0.25, 0.3) is 0 Å². The summed E-state index contributed by atoms with van der Waals surface area (Å²) in [5.41, 5.74) is 0. The molecule has 0 heterocycles. The number of carbonyl (C=O) groups is 1. The average molecular weight is 238 g/mol. The quantitative estimate of drug-likeness (QED) is 0.545. The number of rotatable bonds is 2. The molecule has 0 aliphatic carbocycles. The van der Waals surface area contributed by atoms with E-state index in [-0.39, 0.29) is 6.92 Å². The first kappa shape index (κ1) is 14.0. The summed E-state index contributed by atoms with van der Waals surface area (Å²) in [6.07, 6.45) is -10.4. The van der Waals surface area contributed by atoms with Gasteiger partial charge in [-0.2, -0.15) is 26.3 Å². The van der Waals surface area contributed by atoms with Crippen LogP contribution in [-0.4, -0.2) is 25.4 Å². The number of hydrogen-bond donors (Lipinski definition) is 0. The first-order chi connectivity index (χ1) is 6.51. The summed E-state index contributed by atoms with van der Waals surface area (Å²) in [5.74, 6) is -7.94. The first-order valence-electron chi connectivity index (χ1n) is 3.73. The van der Waals surface area contributed by atoms with E-state index in [4.69, 9.17) is 0 Å². The van der Waals surface area contributed by atoms with Crippen LogP contribution in [0.3, 0.4) is 0 Å². The van der Waals surface area contributed by atoms with Gasteiger partial charge in [-0.3, -0.25) is 4.79 Å². The maximum Gasteiger partial charge on any atom is 0.402 e. The number of halogens is 6. The fraction of sp³-hybridized carbons (Fsp3) is 0.857. The van der Waals surface area contributed by atoms with E-state index in [0.717, 1.165) is 0 Å². The molecule has 2 atom stereocenters. The molecule has 2 unspecified atom stereocenters. The Kier molecular flexibility index (Phi) is 4.01. The Morgan fingerprint density at radius 2 is 1.47 bits per heavy atom. The van der Waals surface area contributed by atoms with Crippen molar-refractivity contribution in [2.24, 2.45) is 11.8 Å². The van der Waals surface area contributed by atoms with E-state index in [9.17, 15) is 31.1 Å². The van der Waals surface area contributed by atoms with Gasteiger partial charge in [-0.15, -0.1) is 0 Å². The molecule has 8 heteroatoms. The second kappa shape index (κ2) is 4.28. The van der Waals surface area contributed by atoms with E-state index < -0.39 is 30.2 Å². The van der Waals surface area contributed by atoms with Gasteiger partial charge in [0.15, 0.2) is 5.92 Å². The molecule has 0 amide bonds. The van der Waals surface area contributed by atoms with E-state index in [0.29, 0.717) is 7.11 Å². The number of alkyl halides is 6. The van der Waals surface area contributed by atoms with Crippen LogP contribution < -0.4 is 0 Å². The summed E-state index contributed by atoms with van der Waals surface area (Å²) < 4.78 is 76.2. The highest BCUT2D eigenvalue weighted by Crippen LogP contribution is 2.40. The number of carbonyl (C=O) groups excluding carboxylic acids is 1. The maximum atomic E-state index is 12.1. The molecule has 0 aromatic carbocycles. The van der Waals surface area contributed by atoms with Gasteiger partial charge < -0.3 is 4.74 Å². The van der Waals surface area contributed by atoms with Crippen molar-refractivity contribution in [3.8, 4) is 0 Å². The average Bonchev–Trinajstić information content (AvgIpc) is 1.99. The molecule has 0 fully saturated rings. The third-order valence-electron chi connectivity index (χ3n) is 1.82. The molecule has 15 heavy (non-hydrogen) atoms. The third kappa shape index (κ3) is 3.60. The zero-order valence-corrected chi connectivity index (χ0v) is 7.74. The van der Waals surface area contributed by atoms with Gasteiger partial charge in [-0.25, -0.2) is 0 Å². The molecule has 0 N–H and O–H groups in total. The smallest absolute Gasteiger partial charge is 0.402 e. The second-order valence-corrected chi connectivity index (χ2v) is 2.87. The Balaban J connectivity index is 5.05. The van der Waals surface area contributed by atoms with Crippen LogP contribution in [0.5, 0.6) is 0 Å². The zero-order valence-electron chi connectivity index (χ0n) is 7.74. The zero-order chi connectivity index (χ0) is 12.4. The van der Waals surface area contributed by atoms with Crippen LogP contribution in [0.4, 0.5) is 26.3 Å². The lowest BCUT2D eigenvalue weighted by Gasteiger charge is -2.25. The highest BCUT2D eigenvalue weighted by Gasteiger charge is 2.57. The van der Waals surface area contributed by atoms with E-state index in [1.54, 1.807) is 0 Å². The molecular weight excluding hydrogens is 230 g/mol. The topological polar surface area (TPSA) is 26.3 Å². The fourth-order valence-corrected chi connectivity index (χ4v) is 0.937. The number of esters is 1. The van der Waals surface area contributed by atoms with E-state index in [1.165, 1.54) is 0 Å². The molecule has 0 bridgehead atoms. The van der Waals surface area contributed by atoms with Crippen LogP contribution in [0.25, 0.3) is 0 Å². The van der Waals surface area contributed by atoms with Gasteiger partial charge in [0.2, 0.25) is 0 Å². The predicted octanol–water partition coefficient (Wildman–Crippen LogP) is 2.54. The van der Waals surface area contributed by atoms with Crippen molar-refractivity contribution in [3.63, 3.8) is 0 Å². The highest BCUT2D eigenvalue weighted by atomic mass is 19.4. The van der Waals surface area contributed by atoms with Gasteiger partial charge >= 0.3 is 18.3 Å². The van der Waals surface area contributed by atoms with Crippen molar-refractivity contribution in [1.29, 1.82) is 0 Å². The standard InChI is InChI=1S/C7H8F6O2/c1-3(6(8,9)10)4(5(14)15-2)7(11,12)13/h3-4H,1-2H3. The minimum Gasteiger partial charge on any atom is -0.469 e. The molecule has 0 radical (unpaired) electrons. The van der Waals surface area contributed by atoms with Crippen molar-refractivity contribution in [2.75, 3.05) is 7.11 Å². The van der Waals surface area contributed by atoms with Crippen LogP contribution >= 0.6 is 0 Å². The summed E-state index contributed by atoms with van der Waals surface area (Å²) >= 11 is 0. The minimum absolute atomic E-state index is 0.287. The molecule has 0 aromatic heterocycles. The largest absolute Gasteiger partial charge is 0.469 e. The van der Waals surface area contributed by atoms with Gasteiger partial charge in [0, 0.05) is 0 Å². The van der Waals surface area contributed by atoms with Crippen LogP contribution in [-0.2, 0) is 9.53 Å². The van der Waals surface area contributed by atoms with Crippen LogP contribution in [0.2, 0.25) is 0 Å². The number of hydrogen-bond acceptors (Lipinski definition) is 2. The lowest BCUT2D eigenvalue weighted by Crippen LogP contribution is -2.42. The van der Waals surface area contributed by atoms with Crippen molar-refractivity contribution < 1.29 is 35.9 Å². The van der Waals surface area contributed by atoms with Gasteiger partial charge in [0.05, 0.1) is 13.0 Å². The molecule has 90 valence electrons. The molecule has 0 aromatic rings. The molecule has 2 nitrogen and oxygen atoms in total. The van der Waals surface area contributed by atoms with E-state index in [2.05, 4.69) is 4.74 Å². The van der Waals surface area contributed by atoms with Gasteiger partial charge in [0.1, 0.15) is 0 Å². The van der Waals surface area contributed by atoms with Gasteiger partial charge in [-0.1, -0.05) is 6.92 Å². The molecule has 0 rings (SSSR count). The lowest BCUT2D eigenvalue weighted by molar-refractivity contribution is -0.251. The summed E-state index contributed by atoms with van der Waals surface area (Å²) in [6.45, 7) is 0.287. The lowest BCUT2D eigenvalue weighted by atomic mass is 9.93. The number of ether oxygens (including phenoxy) is 1. The summed E-state index contributed by atoms with van der Waals surface area (Å²) in [6, 6.07) is 0. The van der Waals surface area contributed by atoms with Crippen molar-refractivity contribution >= 4 is 5.97 Å². The van der Waals surface area contributed by atoms with Crippen molar-refractivity contribution in [3.05, 3.63) is 0 Å². The second-order valence-electron chi connectivity index (χ2n) is 2.87.